The van der Waals surface area contributed by atoms with Crippen LogP contribution in [0.3, 0.4) is 0 Å². The second-order valence-corrected chi connectivity index (χ2v) is 5.66. The molecule has 2 aromatic carbocycles. The number of benzene rings is 2. The number of carbonyl (C=O) groups excluding carboxylic acids is 2. The van der Waals surface area contributed by atoms with Crippen molar-refractivity contribution in [3.8, 4) is 11.1 Å². The third kappa shape index (κ3) is 3.68. The van der Waals surface area contributed by atoms with Gasteiger partial charge in [0.1, 0.15) is 6.61 Å². The molecule has 0 aliphatic heterocycles. The van der Waals surface area contributed by atoms with Gasteiger partial charge in [0.25, 0.3) is 0 Å². The van der Waals surface area contributed by atoms with Crippen LogP contribution in [0.25, 0.3) is 11.1 Å². The van der Waals surface area contributed by atoms with Crippen LogP contribution in [0.15, 0.2) is 48.5 Å². The third-order valence-electron chi connectivity index (χ3n) is 4.07. The van der Waals surface area contributed by atoms with Crippen LogP contribution < -0.4 is 0 Å². The zero-order chi connectivity index (χ0) is 17.8. The van der Waals surface area contributed by atoms with Gasteiger partial charge < -0.3 is 14.6 Å². The van der Waals surface area contributed by atoms with Crippen molar-refractivity contribution in [2.75, 3.05) is 6.61 Å². The lowest BCUT2D eigenvalue weighted by molar-refractivity contribution is -0.145. The molecule has 3 rings (SSSR count). The standard InChI is InChI=1S/C19H16O6/c20-17(21)9-10-18(22)25-19(23)24-11-16-14-7-3-1-5-12(14)13-6-2-4-8-15(13)16/h1-8,16H,9-11H2,(H,20,21). The predicted octanol–water partition coefficient (Wildman–Crippen LogP) is 3.34. The molecule has 1 N–H and O–H groups in total. The van der Waals surface area contributed by atoms with Crippen LogP contribution in [0.1, 0.15) is 29.9 Å². The van der Waals surface area contributed by atoms with Gasteiger partial charge in [-0.2, -0.15) is 0 Å². The zero-order valence-corrected chi connectivity index (χ0v) is 13.3. The van der Waals surface area contributed by atoms with E-state index in [2.05, 4.69) is 4.74 Å². The second kappa shape index (κ2) is 7.17. The van der Waals surface area contributed by atoms with E-state index >= 15 is 0 Å². The minimum atomic E-state index is -1.13. The molecule has 2 aromatic rings. The monoisotopic (exact) mass is 340 g/mol. The van der Waals surface area contributed by atoms with Crippen LogP contribution in [0.2, 0.25) is 0 Å². The molecule has 25 heavy (non-hydrogen) atoms. The number of carboxylic acids is 1. The number of hydrogen-bond donors (Lipinski definition) is 1. The van der Waals surface area contributed by atoms with Gasteiger partial charge in [-0.1, -0.05) is 48.5 Å². The smallest absolute Gasteiger partial charge is 0.481 e. The maximum Gasteiger partial charge on any atom is 0.516 e. The van der Waals surface area contributed by atoms with Crippen molar-refractivity contribution in [3.63, 3.8) is 0 Å². The summed E-state index contributed by atoms with van der Waals surface area (Å²) >= 11 is 0. The summed E-state index contributed by atoms with van der Waals surface area (Å²) in [5, 5.41) is 8.51. The molecule has 1 aliphatic rings. The predicted molar refractivity (Wildman–Crippen MR) is 88.0 cm³/mol. The van der Waals surface area contributed by atoms with Gasteiger partial charge in [0.15, 0.2) is 0 Å². The first kappa shape index (κ1) is 16.7. The number of carboxylic acid groups (broad SMARTS) is 1. The van der Waals surface area contributed by atoms with E-state index in [1.165, 1.54) is 0 Å². The molecule has 0 aromatic heterocycles. The Morgan fingerprint density at radius 2 is 1.44 bits per heavy atom. The van der Waals surface area contributed by atoms with Gasteiger partial charge in [0.2, 0.25) is 0 Å². The van der Waals surface area contributed by atoms with Crippen LogP contribution in [0.5, 0.6) is 0 Å². The summed E-state index contributed by atoms with van der Waals surface area (Å²) in [6.45, 7) is 0.0407. The van der Waals surface area contributed by atoms with E-state index in [4.69, 9.17) is 9.84 Å². The van der Waals surface area contributed by atoms with Crippen molar-refractivity contribution in [3.05, 3.63) is 59.7 Å². The lowest BCUT2D eigenvalue weighted by atomic mass is 9.98. The van der Waals surface area contributed by atoms with Gasteiger partial charge in [-0.15, -0.1) is 0 Å². The molecule has 0 unspecified atom stereocenters. The molecule has 0 radical (unpaired) electrons. The summed E-state index contributed by atoms with van der Waals surface area (Å²) in [6, 6.07) is 15.7. The summed E-state index contributed by atoms with van der Waals surface area (Å²) in [5.74, 6) is -2.18. The molecule has 0 heterocycles. The van der Waals surface area contributed by atoms with E-state index in [0.717, 1.165) is 22.3 Å². The topological polar surface area (TPSA) is 89.9 Å². The first-order valence-electron chi connectivity index (χ1n) is 7.83. The van der Waals surface area contributed by atoms with Crippen LogP contribution >= 0.6 is 0 Å². The van der Waals surface area contributed by atoms with E-state index in [-0.39, 0.29) is 18.9 Å². The Morgan fingerprint density at radius 1 is 0.880 bits per heavy atom. The van der Waals surface area contributed by atoms with Gasteiger partial charge in [-0.05, 0) is 22.3 Å². The molecule has 0 saturated heterocycles. The Balaban J connectivity index is 1.64. The molecule has 6 nitrogen and oxygen atoms in total. The Bertz CT molecular complexity index is 781. The molecular weight excluding hydrogens is 324 g/mol. The summed E-state index contributed by atoms with van der Waals surface area (Å²) in [5.41, 5.74) is 4.29. The van der Waals surface area contributed by atoms with Crippen molar-refractivity contribution in [1.82, 2.24) is 0 Å². The number of hydrogen-bond acceptors (Lipinski definition) is 5. The number of aliphatic carboxylic acids is 1. The van der Waals surface area contributed by atoms with Crippen molar-refractivity contribution in [1.29, 1.82) is 0 Å². The highest BCUT2D eigenvalue weighted by molar-refractivity contribution is 5.84. The molecule has 128 valence electrons. The molecule has 0 saturated carbocycles. The molecule has 0 amide bonds. The highest BCUT2D eigenvalue weighted by Gasteiger charge is 2.29. The number of carbonyl (C=O) groups is 3. The van der Waals surface area contributed by atoms with E-state index < -0.39 is 24.5 Å². The van der Waals surface area contributed by atoms with E-state index in [1.54, 1.807) is 0 Å². The number of rotatable bonds is 5. The van der Waals surface area contributed by atoms with Crippen LogP contribution in [0, 0.1) is 0 Å². The molecule has 0 spiro atoms. The summed E-state index contributed by atoms with van der Waals surface area (Å²) in [6.07, 6.45) is -1.88. The zero-order valence-electron chi connectivity index (χ0n) is 13.3. The van der Waals surface area contributed by atoms with E-state index in [1.807, 2.05) is 48.5 Å². The second-order valence-electron chi connectivity index (χ2n) is 5.66. The fourth-order valence-corrected chi connectivity index (χ4v) is 2.97. The van der Waals surface area contributed by atoms with Gasteiger partial charge in [0, 0.05) is 5.92 Å². The molecule has 0 bridgehead atoms. The quantitative estimate of drug-likeness (QED) is 0.663. The van der Waals surface area contributed by atoms with Gasteiger partial charge in [-0.25, -0.2) is 4.79 Å². The van der Waals surface area contributed by atoms with Crippen LogP contribution in [-0.4, -0.2) is 29.8 Å². The minimum absolute atomic E-state index is 0.0407. The number of ether oxygens (including phenoxy) is 2. The Labute approximate surface area is 144 Å². The average Bonchev–Trinajstić information content (AvgIpc) is 2.92. The van der Waals surface area contributed by atoms with Gasteiger partial charge in [0.05, 0.1) is 12.8 Å². The third-order valence-corrected chi connectivity index (χ3v) is 4.07. The van der Waals surface area contributed by atoms with E-state index in [9.17, 15) is 14.4 Å². The van der Waals surface area contributed by atoms with Gasteiger partial charge in [-0.3, -0.25) is 9.59 Å². The first-order valence-corrected chi connectivity index (χ1v) is 7.83. The molecule has 6 heteroatoms. The summed E-state index contributed by atoms with van der Waals surface area (Å²) in [7, 11) is 0. The molecule has 0 fully saturated rings. The lowest BCUT2D eigenvalue weighted by Crippen LogP contribution is -2.17. The summed E-state index contributed by atoms with van der Waals surface area (Å²) in [4.78, 5) is 33.4. The largest absolute Gasteiger partial charge is 0.516 e. The highest BCUT2D eigenvalue weighted by atomic mass is 16.7. The molecule has 0 atom stereocenters. The first-order chi connectivity index (χ1) is 12.1. The maximum atomic E-state index is 11.7. The molecular formula is C19H16O6. The maximum absolute atomic E-state index is 11.7. The minimum Gasteiger partial charge on any atom is -0.481 e. The number of esters is 1. The fraction of sp³-hybridized carbons (Fsp3) is 0.211. The Hall–Kier alpha value is -3.15. The Morgan fingerprint density at radius 3 is 2.00 bits per heavy atom. The normalized spacial score (nSPS) is 12.2. The SMILES string of the molecule is O=C(O)CCC(=O)OC(=O)OCC1c2ccccc2-c2ccccc21. The van der Waals surface area contributed by atoms with Crippen LogP contribution in [-0.2, 0) is 19.1 Å². The highest BCUT2D eigenvalue weighted by Crippen LogP contribution is 2.44. The number of fused-ring (bicyclic) bond motifs is 3. The Kier molecular flexibility index (Phi) is 4.79. The molecule has 1 aliphatic carbocycles. The lowest BCUT2D eigenvalue weighted by Gasteiger charge is -2.13. The van der Waals surface area contributed by atoms with Gasteiger partial charge >= 0.3 is 18.1 Å². The average molecular weight is 340 g/mol. The summed E-state index contributed by atoms with van der Waals surface area (Å²) < 4.78 is 9.56. The van der Waals surface area contributed by atoms with Crippen molar-refractivity contribution < 1.29 is 29.0 Å². The van der Waals surface area contributed by atoms with E-state index in [0.29, 0.717) is 0 Å². The van der Waals surface area contributed by atoms with Crippen molar-refractivity contribution in [2.24, 2.45) is 0 Å². The fourth-order valence-electron chi connectivity index (χ4n) is 2.97. The van der Waals surface area contributed by atoms with Crippen molar-refractivity contribution >= 4 is 18.1 Å². The van der Waals surface area contributed by atoms with Crippen LogP contribution in [0.4, 0.5) is 4.79 Å². The van der Waals surface area contributed by atoms with Crippen molar-refractivity contribution in [2.45, 2.75) is 18.8 Å².